The topological polar surface area (TPSA) is 79.8 Å². The fraction of sp³-hybridized carbons (Fsp3) is 0.0870. The molecule has 152 valence electrons. The third-order valence-corrected chi connectivity index (χ3v) is 4.15. The minimum absolute atomic E-state index is 0.309. The van der Waals surface area contributed by atoms with E-state index in [1.54, 1.807) is 19.1 Å². The van der Waals surface area contributed by atoms with Crippen molar-refractivity contribution >= 4 is 23.2 Å². The molecular weight excluding hydrogens is 385 g/mol. The second-order valence-corrected chi connectivity index (χ2v) is 6.40. The average molecular weight is 405 g/mol. The molecule has 0 spiro atoms. The van der Waals surface area contributed by atoms with Gasteiger partial charge < -0.3 is 10.1 Å². The first-order chi connectivity index (χ1) is 14.5. The van der Waals surface area contributed by atoms with E-state index in [1.165, 1.54) is 24.3 Å². The molecule has 0 unspecified atom stereocenters. The molecule has 6 nitrogen and oxygen atoms in total. The monoisotopic (exact) mass is 405 g/mol. The molecule has 0 aliphatic heterocycles. The van der Waals surface area contributed by atoms with Gasteiger partial charge >= 0.3 is 11.8 Å². The molecule has 0 heterocycles. The number of nitrogens with one attached hydrogen (secondary N) is 2. The molecule has 0 aliphatic carbocycles. The number of hydrazone groups is 1. The Hall–Kier alpha value is -4.00. The molecule has 3 aromatic rings. The lowest BCUT2D eigenvalue weighted by Crippen LogP contribution is -2.32. The van der Waals surface area contributed by atoms with Gasteiger partial charge in [0.1, 0.15) is 18.2 Å². The van der Waals surface area contributed by atoms with E-state index >= 15 is 0 Å². The van der Waals surface area contributed by atoms with Crippen LogP contribution in [0.1, 0.15) is 18.1 Å². The van der Waals surface area contributed by atoms with E-state index in [2.05, 4.69) is 15.8 Å². The Morgan fingerprint density at radius 2 is 1.57 bits per heavy atom. The number of hydrogen-bond acceptors (Lipinski definition) is 4. The van der Waals surface area contributed by atoms with Crippen molar-refractivity contribution in [2.75, 3.05) is 5.32 Å². The number of nitrogens with zero attached hydrogens (tertiary/aromatic N) is 1. The molecule has 30 heavy (non-hydrogen) atoms. The summed E-state index contributed by atoms with van der Waals surface area (Å²) in [5.41, 5.74) is 4.87. The molecule has 0 saturated heterocycles. The molecule has 0 aliphatic rings. The van der Waals surface area contributed by atoms with E-state index in [9.17, 15) is 14.0 Å². The van der Waals surface area contributed by atoms with E-state index in [0.29, 0.717) is 23.8 Å². The molecule has 3 rings (SSSR count). The molecule has 0 radical (unpaired) electrons. The highest BCUT2D eigenvalue weighted by molar-refractivity contribution is 6.39. The molecular formula is C23H20FN3O3. The summed E-state index contributed by atoms with van der Waals surface area (Å²) in [6.07, 6.45) is 0. The van der Waals surface area contributed by atoms with Crippen LogP contribution in [-0.2, 0) is 16.2 Å². The van der Waals surface area contributed by atoms with Gasteiger partial charge in [0.05, 0.1) is 5.71 Å². The number of ether oxygens (including phenoxy) is 1. The van der Waals surface area contributed by atoms with Crippen LogP contribution in [0.3, 0.4) is 0 Å². The Labute approximate surface area is 173 Å². The third kappa shape index (κ3) is 6.00. The molecule has 0 saturated carbocycles. The van der Waals surface area contributed by atoms with Gasteiger partial charge in [-0.3, -0.25) is 9.59 Å². The van der Waals surface area contributed by atoms with Gasteiger partial charge in [-0.2, -0.15) is 5.10 Å². The van der Waals surface area contributed by atoms with Crippen molar-refractivity contribution in [2.24, 2.45) is 5.10 Å². The van der Waals surface area contributed by atoms with Crippen LogP contribution < -0.4 is 15.5 Å². The molecule has 2 amide bonds. The van der Waals surface area contributed by atoms with Gasteiger partial charge in [-0.1, -0.05) is 30.3 Å². The summed E-state index contributed by atoms with van der Waals surface area (Å²) in [6, 6.07) is 22.1. The van der Waals surface area contributed by atoms with Crippen LogP contribution in [-0.4, -0.2) is 17.5 Å². The normalized spacial score (nSPS) is 10.9. The Bertz CT molecular complexity index is 1030. The number of anilines is 1. The zero-order chi connectivity index (χ0) is 21.3. The first kappa shape index (κ1) is 20.7. The Kier molecular flexibility index (Phi) is 6.89. The molecule has 0 bridgehead atoms. The number of benzene rings is 3. The van der Waals surface area contributed by atoms with Gasteiger partial charge in [0.15, 0.2) is 0 Å². The summed E-state index contributed by atoms with van der Waals surface area (Å²) >= 11 is 0. The zero-order valence-corrected chi connectivity index (χ0v) is 16.3. The van der Waals surface area contributed by atoms with Crippen molar-refractivity contribution in [3.63, 3.8) is 0 Å². The molecule has 2 N–H and O–H groups in total. The molecule has 0 fully saturated rings. The Balaban J connectivity index is 1.52. The summed E-state index contributed by atoms with van der Waals surface area (Å²) in [5, 5.41) is 6.31. The van der Waals surface area contributed by atoms with Crippen molar-refractivity contribution in [3.05, 3.63) is 95.8 Å². The second kappa shape index (κ2) is 9.97. The van der Waals surface area contributed by atoms with Crippen molar-refractivity contribution < 1.29 is 18.7 Å². The first-order valence-corrected chi connectivity index (χ1v) is 9.19. The maximum Gasteiger partial charge on any atom is 0.329 e. The van der Waals surface area contributed by atoms with Gasteiger partial charge in [0, 0.05) is 5.69 Å². The summed E-state index contributed by atoms with van der Waals surface area (Å²) in [6.45, 7) is 2.17. The van der Waals surface area contributed by atoms with Gasteiger partial charge in [-0.15, -0.1) is 0 Å². The van der Waals surface area contributed by atoms with Crippen molar-refractivity contribution in [1.82, 2.24) is 5.43 Å². The van der Waals surface area contributed by atoms with E-state index in [1.807, 2.05) is 42.5 Å². The van der Waals surface area contributed by atoms with Crippen LogP contribution in [0.4, 0.5) is 10.1 Å². The van der Waals surface area contributed by atoms with Gasteiger partial charge in [0.25, 0.3) is 0 Å². The van der Waals surface area contributed by atoms with Gasteiger partial charge in [0.2, 0.25) is 0 Å². The highest BCUT2D eigenvalue weighted by Gasteiger charge is 2.13. The molecule has 7 heteroatoms. The SMILES string of the molecule is CC(=NNC(=O)C(=O)Nc1ccc(F)cc1)c1ccc(OCc2ccccc2)cc1. The highest BCUT2D eigenvalue weighted by Crippen LogP contribution is 2.15. The molecule has 0 atom stereocenters. The quantitative estimate of drug-likeness (QED) is 0.371. The number of carbonyl (C=O) groups excluding carboxylic acids is 2. The van der Waals surface area contributed by atoms with E-state index in [-0.39, 0.29) is 0 Å². The zero-order valence-electron chi connectivity index (χ0n) is 16.3. The number of amides is 2. The first-order valence-electron chi connectivity index (χ1n) is 9.19. The number of halogens is 1. The van der Waals surface area contributed by atoms with E-state index < -0.39 is 17.6 Å². The summed E-state index contributed by atoms with van der Waals surface area (Å²) in [4.78, 5) is 23.8. The highest BCUT2D eigenvalue weighted by atomic mass is 19.1. The standard InChI is InChI=1S/C23H20FN3O3/c1-16(26-27-23(29)22(28)25-20-11-9-19(24)10-12-20)18-7-13-21(14-8-18)30-15-17-5-3-2-4-6-17/h2-14H,15H2,1H3,(H,25,28)(H,27,29). The Morgan fingerprint density at radius 1 is 0.900 bits per heavy atom. The van der Waals surface area contributed by atoms with Crippen LogP contribution >= 0.6 is 0 Å². The van der Waals surface area contributed by atoms with Gasteiger partial charge in [-0.25, -0.2) is 9.82 Å². The number of rotatable bonds is 6. The van der Waals surface area contributed by atoms with Crippen molar-refractivity contribution in [2.45, 2.75) is 13.5 Å². The van der Waals surface area contributed by atoms with Crippen LogP contribution in [0.25, 0.3) is 0 Å². The minimum Gasteiger partial charge on any atom is -0.489 e. The smallest absolute Gasteiger partial charge is 0.329 e. The molecule has 3 aromatic carbocycles. The maximum atomic E-state index is 12.9. The summed E-state index contributed by atoms with van der Waals surface area (Å²) in [5.74, 6) is -1.56. The van der Waals surface area contributed by atoms with E-state index in [0.717, 1.165) is 11.1 Å². The van der Waals surface area contributed by atoms with Crippen molar-refractivity contribution in [3.8, 4) is 5.75 Å². The predicted octanol–water partition coefficient (Wildman–Crippen LogP) is 3.88. The van der Waals surface area contributed by atoms with Crippen LogP contribution in [0.5, 0.6) is 5.75 Å². The van der Waals surface area contributed by atoms with Crippen LogP contribution in [0.15, 0.2) is 84.0 Å². The van der Waals surface area contributed by atoms with Crippen molar-refractivity contribution in [1.29, 1.82) is 0 Å². The van der Waals surface area contributed by atoms with Gasteiger partial charge in [-0.05, 0) is 66.6 Å². The maximum absolute atomic E-state index is 12.9. The fourth-order valence-corrected chi connectivity index (χ4v) is 2.50. The fourth-order valence-electron chi connectivity index (χ4n) is 2.50. The van der Waals surface area contributed by atoms with E-state index in [4.69, 9.17) is 4.74 Å². The lowest BCUT2D eigenvalue weighted by Gasteiger charge is -2.08. The lowest BCUT2D eigenvalue weighted by molar-refractivity contribution is -0.136. The van der Waals surface area contributed by atoms with Crippen LogP contribution in [0, 0.1) is 5.82 Å². The summed E-state index contributed by atoms with van der Waals surface area (Å²) < 4.78 is 18.6. The average Bonchev–Trinajstić information content (AvgIpc) is 2.78. The lowest BCUT2D eigenvalue weighted by atomic mass is 10.1. The Morgan fingerprint density at radius 3 is 2.23 bits per heavy atom. The summed E-state index contributed by atoms with van der Waals surface area (Å²) in [7, 11) is 0. The number of carbonyl (C=O) groups is 2. The largest absolute Gasteiger partial charge is 0.489 e. The van der Waals surface area contributed by atoms with Crippen LogP contribution in [0.2, 0.25) is 0 Å². The minimum atomic E-state index is -0.929. The third-order valence-electron chi connectivity index (χ3n) is 4.15. The molecule has 0 aromatic heterocycles. The number of hydrogen-bond donors (Lipinski definition) is 2. The second-order valence-electron chi connectivity index (χ2n) is 6.40. The predicted molar refractivity (Wildman–Crippen MR) is 113 cm³/mol.